The number of nitrogens with one attached hydrogen (secondary N) is 3. The van der Waals surface area contributed by atoms with Crippen molar-refractivity contribution in [2.75, 3.05) is 18.4 Å². The van der Waals surface area contributed by atoms with Crippen LogP contribution in [-0.2, 0) is 12.8 Å². The summed E-state index contributed by atoms with van der Waals surface area (Å²) in [5.74, 6) is 1.37. The average molecular weight is 333 g/mol. The van der Waals surface area contributed by atoms with Crippen LogP contribution < -0.4 is 10.6 Å². The first-order valence-electron chi connectivity index (χ1n) is 9.27. The smallest absolute Gasteiger partial charge is 0.222 e. The second-order valence-electron chi connectivity index (χ2n) is 7.11. The summed E-state index contributed by atoms with van der Waals surface area (Å²) < 4.78 is 0. The average Bonchev–Trinajstić information content (AvgIpc) is 3.02. The molecule has 5 heteroatoms. The highest BCUT2D eigenvalue weighted by Crippen LogP contribution is 2.41. The van der Waals surface area contributed by atoms with Gasteiger partial charge in [0.1, 0.15) is 0 Å². The van der Waals surface area contributed by atoms with Gasteiger partial charge in [-0.25, -0.2) is 9.97 Å². The van der Waals surface area contributed by atoms with Crippen LogP contribution in [0.15, 0.2) is 36.7 Å². The van der Waals surface area contributed by atoms with Gasteiger partial charge in [-0.2, -0.15) is 0 Å². The number of rotatable bonds is 4. The Balaban J connectivity index is 1.44. The number of piperidine rings is 1. The highest BCUT2D eigenvalue weighted by atomic mass is 15.1. The maximum atomic E-state index is 4.23. The van der Waals surface area contributed by atoms with E-state index in [1.807, 2.05) is 6.07 Å². The first kappa shape index (κ1) is 14.9. The summed E-state index contributed by atoms with van der Waals surface area (Å²) in [7, 11) is 0. The van der Waals surface area contributed by atoms with Crippen LogP contribution in [0.5, 0.6) is 0 Å². The number of H-pyrrole nitrogens is 1. The molecule has 1 unspecified atom stereocenters. The highest BCUT2D eigenvalue weighted by Gasteiger charge is 2.34. The Hall–Kier alpha value is -2.40. The van der Waals surface area contributed by atoms with Crippen molar-refractivity contribution >= 4 is 16.9 Å². The standard InChI is InChI=1S/C20H23N5/c1-4-14-13-5-2-8-21-18(13)12-15-16(25-17(6-1)19(14)15)7-11-24-20-22-9-3-10-23-20/h1,3-4,6,9-10,13,18,21,25H,2,5,7-8,11-12H2,(H,22,23,24)/t13?,18-/m1/s1. The lowest BCUT2D eigenvalue weighted by Gasteiger charge is -2.37. The van der Waals surface area contributed by atoms with Crippen molar-refractivity contribution in [1.82, 2.24) is 20.3 Å². The van der Waals surface area contributed by atoms with Crippen molar-refractivity contribution in [2.45, 2.75) is 37.6 Å². The van der Waals surface area contributed by atoms with E-state index in [2.05, 4.69) is 43.8 Å². The van der Waals surface area contributed by atoms with Gasteiger partial charge in [0.25, 0.3) is 0 Å². The molecule has 2 aromatic heterocycles. The van der Waals surface area contributed by atoms with E-state index >= 15 is 0 Å². The third-order valence-corrected chi connectivity index (χ3v) is 5.68. The number of benzene rings is 1. The molecule has 25 heavy (non-hydrogen) atoms. The Kier molecular flexibility index (Phi) is 3.67. The molecule has 0 saturated carbocycles. The van der Waals surface area contributed by atoms with Gasteiger partial charge in [0, 0.05) is 53.9 Å². The van der Waals surface area contributed by atoms with Gasteiger partial charge in [0.15, 0.2) is 0 Å². The predicted octanol–water partition coefficient (Wildman–Crippen LogP) is 3.00. The fourth-order valence-electron chi connectivity index (χ4n) is 4.60. The van der Waals surface area contributed by atoms with Gasteiger partial charge >= 0.3 is 0 Å². The molecule has 3 N–H and O–H groups in total. The van der Waals surface area contributed by atoms with Crippen LogP contribution in [0, 0.1) is 0 Å². The summed E-state index contributed by atoms with van der Waals surface area (Å²) in [6.45, 7) is 1.99. The highest BCUT2D eigenvalue weighted by molar-refractivity contribution is 5.89. The van der Waals surface area contributed by atoms with E-state index in [0.29, 0.717) is 17.9 Å². The molecule has 128 valence electrons. The molecule has 0 spiro atoms. The fraction of sp³-hybridized carbons (Fsp3) is 0.400. The second-order valence-corrected chi connectivity index (χ2v) is 7.11. The summed E-state index contributed by atoms with van der Waals surface area (Å²) in [6, 6.07) is 9.18. The molecule has 2 atom stereocenters. The minimum absolute atomic E-state index is 0.590. The van der Waals surface area contributed by atoms with Crippen molar-refractivity contribution in [1.29, 1.82) is 0 Å². The zero-order chi connectivity index (χ0) is 16.6. The van der Waals surface area contributed by atoms with Gasteiger partial charge in [0.2, 0.25) is 5.95 Å². The van der Waals surface area contributed by atoms with Crippen molar-refractivity contribution in [3.8, 4) is 0 Å². The molecule has 3 aromatic rings. The molecule has 0 bridgehead atoms. The minimum Gasteiger partial charge on any atom is -0.358 e. The Morgan fingerprint density at radius 2 is 2.08 bits per heavy atom. The molecular weight excluding hydrogens is 310 g/mol. The summed E-state index contributed by atoms with van der Waals surface area (Å²) in [5.41, 5.74) is 5.70. The van der Waals surface area contributed by atoms with E-state index in [9.17, 15) is 0 Å². The van der Waals surface area contributed by atoms with Crippen LogP contribution in [0.25, 0.3) is 10.9 Å². The van der Waals surface area contributed by atoms with E-state index in [-0.39, 0.29) is 0 Å². The van der Waals surface area contributed by atoms with E-state index in [1.165, 1.54) is 40.6 Å². The molecule has 0 radical (unpaired) electrons. The SMILES string of the molecule is c1cnc(NCCc2[nH]c3cccc4c3c2C[C@H]2NCCCC42)nc1. The number of hydrogen-bond donors (Lipinski definition) is 3. The van der Waals surface area contributed by atoms with Crippen molar-refractivity contribution in [3.63, 3.8) is 0 Å². The maximum Gasteiger partial charge on any atom is 0.222 e. The largest absolute Gasteiger partial charge is 0.358 e. The van der Waals surface area contributed by atoms with Crippen LogP contribution in [0.3, 0.4) is 0 Å². The molecule has 2 aliphatic rings. The molecule has 1 saturated heterocycles. The monoisotopic (exact) mass is 333 g/mol. The molecule has 1 aliphatic heterocycles. The normalized spacial score (nSPS) is 21.9. The summed E-state index contributed by atoms with van der Waals surface area (Å²) >= 11 is 0. The number of aromatic amines is 1. The minimum atomic E-state index is 0.590. The molecular formula is C20H23N5. The van der Waals surface area contributed by atoms with Gasteiger partial charge in [-0.05, 0) is 49.1 Å². The van der Waals surface area contributed by atoms with Crippen LogP contribution in [0.1, 0.15) is 35.6 Å². The molecule has 5 rings (SSSR count). The Morgan fingerprint density at radius 3 is 3.00 bits per heavy atom. The molecule has 5 nitrogen and oxygen atoms in total. The van der Waals surface area contributed by atoms with Crippen molar-refractivity contribution in [3.05, 3.63) is 53.5 Å². The third kappa shape index (κ3) is 2.59. The molecule has 1 aliphatic carbocycles. The lowest BCUT2D eigenvalue weighted by Crippen LogP contribution is -2.43. The second kappa shape index (κ2) is 6.15. The fourth-order valence-corrected chi connectivity index (χ4v) is 4.60. The molecule has 1 fully saturated rings. The zero-order valence-electron chi connectivity index (χ0n) is 14.3. The van der Waals surface area contributed by atoms with Crippen molar-refractivity contribution < 1.29 is 0 Å². The molecule has 0 amide bonds. The zero-order valence-corrected chi connectivity index (χ0v) is 14.3. The Bertz CT molecular complexity index is 886. The van der Waals surface area contributed by atoms with Gasteiger partial charge in [-0.15, -0.1) is 0 Å². The van der Waals surface area contributed by atoms with E-state index < -0.39 is 0 Å². The predicted molar refractivity (Wildman–Crippen MR) is 100.0 cm³/mol. The number of nitrogens with zero attached hydrogens (tertiary/aromatic N) is 2. The van der Waals surface area contributed by atoms with Gasteiger partial charge in [-0.1, -0.05) is 12.1 Å². The molecule has 3 heterocycles. The number of fused-ring (bicyclic) bond motifs is 2. The summed E-state index contributed by atoms with van der Waals surface area (Å²) in [4.78, 5) is 12.1. The number of aromatic nitrogens is 3. The van der Waals surface area contributed by atoms with E-state index in [4.69, 9.17) is 0 Å². The first-order valence-corrected chi connectivity index (χ1v) is 9.27. The number of anilines is 1. The maximum absolute atomic E-state index is 4.23. The Labute approximate surface area is 147 Å². The first-order chi connectivity index (χ1) is 12.4. The van der Waals surface area contributed by atoms with Gasteiger partial charge in [0.05, 0.1) is 0 Å². The topological polar surface area (TPSA) is 65.6 Å². The van der Waals surface area contributed by atoms with Crippen molar-refractivity contribution in [2.24, 2.45) is 0 Å². The molecule has 1 aromatic carbocycles. The number of hydrogen-bond acceptors (Lipinski definition) is 4. The van der Waals surface area contributed by atoms with Crippen LogP contribution in [0.2, 0.25) is 0 Å². The Morgan fingerprint density at radius 1 is 1.16 bits per heavy atom. The lowest BCUT2D eigenvalue weighted by molar-refractivity contribution is 0.345. The summed E-state index contributed by atoms with van der Waals surface area (Å²) in [5, 5.41) is 8.56. The van der Waals surface area contributed by atoms with Gasteiger partial charge in [-0.3, -0.25) is 0 Å². The van der Waals surface area contributed by atoms with Crippen LogP contribution >= 0.6 is 0 Å². The van der Waals surface area contributed by atoms with E-state index in [1.54, 1.807) is 12.4 Å². The summed E-state index contributed by atoms with van der Waals surface area (Å²) in [6.07, 6.45) is 8.22. The van der Waals surface area contributed by atoms with Crippen LogP contribution in [0.4, 0.5) is 5.95 Å². The van der Waals surface area contributed by atoms with E-state index in [0.717, 1.165) is 25.9 Å². The third-order valence-electron chi connectivity index (χ3n) is 5.68. The van der Waals surface area contributed by atoms with Crippen LogP contribution in [-0.4, -0.2) is 34.1 Å². The quantitative estimate of drug-likeness (QED) is 0.687. The van der Waals surface area contributed by atoms with Gasteiger partial charge < -0.3 is 15.6 Å². The lowest BCUT2D eigenvalue weighted by atomic mass is 9.75.